The van der Waals surface area contributed by atoms with Crippen molar-refractivity contribution in [3.63, 3.8) is 0 Å². The van der Waals surface area contributed by atoms with Crippen molar-refractivity contribution in [1.82, 2.24) is 14.3 Å². The highest BCUT2D eigenvalue weighted by Crippen LogP contribution is 2.34. The molecule has 2 heterocycles. The first-order valence-corrected chi connectivity index (χ1v) is 11.2. The van der Waals surface area contributed by atoms with Gasteiger partial charge in [0, 0.05) is 11.3 Å². The van der Waals surface area contributed by atoms with Gasteiger partial charge in [0.15, 0.2) is 0 Å². The van der Waals surface area contributed by atoms with Gasteiger partial charge in [0.1, 0.15) is 33.0 Å². The van der Waals surface area contributed by atoms with Crippen LogP contribution in [0.15, 0.2) is 59.9 Å². The van der Waals surface area contributed by atoms with Crippen LogP contribution < -0.4 is 10.1 Å². The molecule has 0 saturated carbocycles. The van der Waals surface area contributed by atoms with Gasteiger partial charge in [-0.2, -0.15) is 4.37 Å². The van der Waals surface area contributed by atoms with Crippen molar-refractivity contribution >= 4 is 45.1 Å². The first kappa shape index (κ1) is 20.3. The number of hydrogen-bond acceptors (Lipinski definition) is 7. The second-order valence-corrected chi connectivity index (χ2v) is 8.24. The van der Waals surface area contributed by atoms with Gasteiger partial charge in [-0.3, -0.25) is 4.79 Å². The van der Waals surface area contributed by atoms with E-state index in [1.165, 1.54) is 35.2 Å². The van der Waals surface area contributed by atoms with E-state index in [0.717, 1.165) is 44.4 Å². The van der Waals surface area contributed by atoms with Crippen molar-refractivity contribution in [2.75, 3.05) is 18.2 Å². The van der Waals surface area contributed by atoms with Crippen molar-refractivity contribution in [1.29, 1.82) is 0 Å². The fourth-order valence-electron chi connectivity index (χ4n) is 2.94. The summed E-state index contributed by atoms with van der Waals surface area (Å²) in [6.07, 6.45) is 2.49. The Morgan fingerprint density at radius 2 is 1.87 bits per heavy atom. The van der Waals surface area contributed by atoms with E-state index in [9.17, 15) is 4.79 Å². The van der Waals surface area contributed by atoms with Crippen molar-refractivity contribution in [3.8, 4) is 17.0 Å². The van der Waals surface area contributed by atoms with Gasteiger partial charge in [0.2, 0.25) is 5.91 Å². The van der Waals surface area contributed by atoms with E-state index < -0.39 is 0 Å². The van der Waals surface area contributed by atoms with Crippen LogP contribution in [-0.2, 0) is 11.2 Å². The fourth-order valence-corrected chi connectivity index (χ4v) is 4.66. The lowest BCUT2D eigenvalue weighted by Crippen LogP contribution is -2.14. The minimum Gasteiger partial charge on any atom is -0.497 e. The summed E-state index contributed by atoms with van der Waals surface area (Å²) in [6.45, 7) is 2.10. The Kier molecular flexibility index (Phi) is 6.25. The zero-order valence-electron chi connectivity index (χ0n) is 16.6. The van der Waals surface area contributed by atoms with E-state index in [0.29, 0.717) is 0 Å². The summed E-state index contributed by atoms with van der Waals surface area (Å²) in [7, 11) is 1.64. The number of hydrogen-bond donors (Lipinski definition) is 1. The maximum absolute atomic E-state index is 12.4. The molecule has 0 atom stereocenters. The van der Waals surface area contributed by atoms with E-state index in [1.54, 1.807) is 7.11 Å². The van der Waals surface area contributed by atoms with Gasteiger partial charge in [-0.25, -0.2) is 9.97 Å². The number of thioether (sulfide) groups is 1. The highest BCUT2D eigenvalue weighted by atomic mass is 32.2. The van der Waals surface area contributed by atoms with Crippen molar-refractivity contribution in [2.24, 2.45) is 0 Å². The molecule has 4 rings (SSSR count). The molecule has 1 N–H and O–H groups in total. The molecule has 0 aliphatic rings. The van der Waals surface area contributed by atoms with Crippen LogP contribution >= 0.6 is 23.3 Å². The number of aryl methyl sites for hydroxylation is 1. The van der Waals surface area contributed by atoms with Crippen LogP contribution in [0.25, 0.3) is 21.5 Å². The lowest BCUT2D eigenvalue weighted by Gasteiger charge is -2.06. The normalized spacial score (nSPS) is 10.9. The summed E-state index contributed by atoms with van der Waals surface area (Å²) in [6, 6.07) is 15.6. The summed E-state index contributed by atoms with van der Waals surface area (Å²) in [5.74, 6) is 0.979. The van der Waals surface area contributed by atoms with Gasteiger partial charge < -0.3 is 10.1 Å². The lowest BCUT2D eigenvalue weighted by atomic mass is 10.1. The summed E-state index contributed by atoms with van der Waals surface area (Å²) >= 11 is 2.73. The average molecular weight is 437 g/mol. The van der Waals surface area contributed by atoms with Crippen LogP contribution in [0.2, 0.25) is 0 Å². The molecule has 0 unspecified atom stereocenters. The molecule has 152 valence electrons. The topological polar surface area (TPSA) is 77.0 Å². The molecular weight excluding hydrogens is 416 g/mol. The second kappa shape index (κ2) is 9.23. The highest BCUT2D eigenvalue weighted by molar-refractivity contribution is 8.00. The van der Waals surface area contributed by atoms with Gasteiger partial charge in [-0.1, -0.05) is 30.8 Å². The number of aromatic nitrogens is 3. The highest BCUT2D eigenvalue weighted by Gasteiger charge is 2.15. The number of nitrogens with one attached hydrogen (secondary N) is 1. The van der Waals surface area contributed by atoms with Crippen LogP contribution in [0.4, 0.5) is 5.69 Å². The van der Waals surface area contributed by atoms with Crippen molar-refractivity contribution in [3.05, 3.63) is 60.4 Å². The summed E-state index contributed by atoms with van der Waals surface area (Å²) < 4.78 is 10.7. The van der Waals surface area contributed by atoms with Gasteiger partial charge in [0.05, 0.1) is 12.9 Å². The van der Waals surface area contributed by atoms with Gasteiger partial charge in [0.25, 0.3) is 0 Å². The van der Waals surface area contributed by atoms with E-state index >= 15 is 0 Å². The molecule has 8 heteroatoms. The number of amides is 1. The largest absolute Gasteiger partial charge is 0.497 e. The predicted octanol–water partition coefficient (Wildman–Crippen LogP) is 5.06. The van der Waals surface area contributed by atoms with E-state index in [1.807, 2.05) is 48.5 Å². The molecule has 0 bridgehead atoms. The third-order valence-corrected chi connectivity index (χ3v) is 6.53. The Bertz CT molecular complexity index is 1160. The molecule has 4 aromatic rings. The fraction of sp³-hybridized carbons (Fsp3) is 0.182. The molecular formula is C22H20N4O2S2. The molecule has 1 amide bonds. The zero-order chi connectivity index (χ0) is 20.9. The zero-order valence-corrected chi connectivity index (χ0v) is 18.2. The molecule has 0 spiro atoms. The minimum absolute atomic E-state index is 0.0732. The Hall–Kier alpha value is -2.97. The second-order valence-electron chi connectivity index (χ2n) is 6.50. The van der Waals surface area contributed by atoms with Gasteiger partial charge in [-0.15, -0.1) is 0 Å². The first-order chi connectivity index (χ1) is 14.7. The van der Waals surface area contributed by atoms with Gasteiger partial charge >= 0.3 is 0 Å². The number of nitrogens with zero attached hydrogens (tertiary/aromatic N) is 3. The predicted molar refractivity (Wildman–Crippen MR) is 122 cm³/mol. The standard InChI is InChI=1S/C22H20N4O2S2/c1-3-14-4-8-16(9-5-14)25-18(27)12-29-22-21-20(23-13-24-22)19(26-30-21)15-6-10-17(28-2)11-7-15/h4-11,13H,3,12H2,1-2H3,(H,25,27). The smallest absolute Gasteiger partial charge is 0.234 e. The molecule has 2 aromatic heterocycles. The molecule has 0 aliphatic heterocycles. The van der Waals surface area contributed by atoms with E-state index in [-0.39, 0.29) is 11.7 Å². The number of fused-ring (bicyclic) bond motifs is 1. The number of rotatable bonds is 7. The van der Waals surface area contributed by atoms with Crippen LogP contribution in [0.3, 0.4) is 0 Å². The van der Waals surface area contributed by atoms with Gasteiger partial charge in [-0.05, 0) is 59.9 Å². The van der Waals surface area contributed by atoms with Crippen LogP contribution in [0.1, 0.15) is 12.5 Å². The number of methoxy groups -OCH3 is 1. The Balaban J connectivity index is 1.47. The Morgan fingerprint density at radius 3 is 2.57 bits per heavy atom. The monoisotopic (exact) mass is 436 g/mol. The molecule has 0 radical (unpaired) electrons. The third-order valence-electron chi connectivity index (χ3n) is 4.57. The maximum atomic E-state index is 12.4. The van der Waals surface area contributed by atoms with Crippen LogP contribution in [0, 0.1) is 0 Å². The third kappa shape index (κ3) is 4.44. The molecule has 6 nitrogen and oxygen atoms in total. The van der Waals surface area contributed by atoms with E-state index in [4.69, 9.17) is 4.74 Å². The minimum atomic E-state index is -0.0732. The molecule has 0 fully saturated rings. The van der Waals surface area contributed by atoms with E-state index in [2.05, 4.69) is 26.6 Å². The summed E-state index contributed by atoms with van der Waals surface area (Å²) in [4.78, 5) is 21.2. The number of carbonyl (C=O) groups excluding carboxylic acids is 1. The van der Waals surface area contributed by atoms with Crippen molar-refractivity contribution < 1.29 is 9.53 Å². The van der Waals surface area contributed by atoms with Crippen molar-refractivity contribution in [2.45, 2.75) is 18.4 Å². The maximum Gasteiger partial charge on any atom is 0.234 e. The first-order valence-electron chi connectivity index (χ1n) is 9.44. The average Bonchev–Trinajstić information content (AvgIpc) is 3.23. The summed E-state index contributed by atoms with van der Waals surface area (Å²) in [5, 5.41) is 3.68. The number of carbonyl (C=O) groups is 1. The molecule has 2 aromatic carbocycles. The molecule has 30 heavy (non-hydrogen) atoms. The lowest BCUT2D eigenvalue weighted by molar-refractivity contribution is -0.113. The molecule has 0 saturated heterocycles. The number of anilines is 1. The Labute approximate surface area is 182 Å². The Morgan fingerprint density at radius 1 is 1.10 bits per heavy atom. The molecule has 0 aliphatic carbocycles. The van der Waals surface area contributed by atoms with Crippen LogP contribution in [-0.4, -0.2) is 33.1 Å². The number of ether oxygens (including phenoxy) is 1. The summed E-state index contributed by atoms with van der Waals surface area (Å²) in [5.41, 5.74) is 4.60. The van der Waals surface area contributed by atoms with Crippen LogP contribution in [0.5, 0.6) is 5.75 Å². The SMILES string of the molecule is CCc1ccc(NC(=O)CSc2ncnc3c(-c4ccc(OC)cc4)nsc23)cc1. The number of benzene rings is 2. The quantitative estimate of drug-likeness (QED) is 0.322.